The van der Waals surface area contributed by atoms with Gasteiger partial charge >= 0.3 is 5.97 Å². The van der Waals surface area contributed by atoms with E-state index in [-0.39, 0.29) is 24.3 Å². The molecule has 0 bridgehead atoms. The largest absolute Gasteiger partial charge is 0.457 e. The minimum absolute atomic E-state index is 0.102. The van der Waals surface area contributed by atoms with Crippen molar-refractivity contribution in [3.05, 3.63) is 64.7 Å². The monoisotopic (exact) mass is 397 g/mol. The number of rotatable bonds is 6. The zero-order valence-electron chi connectivity index (χ0n) is 15.3. The molecule has 0 aromatic heterocycles. The number of anilines is 1. The van der Waals surface area contributed by atoms with Crippen LogP contribution in [0.4, 0.5) is 5.69 Å². The zero-order chi connectivity index (χ0) is 19.7. The van der Waals surface area contributed by atoms with Crippen LogP contribution in [0.15, 0.2) is 48.5 Å². The second-order valence-corrected chi connectivity index (χ2v) is 7.72. The van der Waals surface area contributed by atoms with Crippen LogP contribution in [0.1, 0.15) is 41.6 Å². The molecule has 6 heteroatoms. The molecule has 4 rings (SSSR count). The van der Waals surface area contributed by atoms with Gasteiger partial charge < -0.3 is 9.64 Å². The molecule has 1 heterocycles. The van der Waals surface area contributed by atoms with Crippen LogP contribution in [0.5, 0.6) is 0 Å². The van der Waals surface area contributed by atoms with E-state index in [1.54, 1.807) is 41.3 Å². The lowest BCUT2D eigenvalue weighted by molar-refractivity contribution is -0.145. The number of halogens is 1. The van der Waals surface area contributed by atoms with Crippen molar-refractivity contribution in [3.63, 3.8) is 0 Å². The SMILES string of the molecule is O=C(COC(=O)C1(c2ccc(Cl)cc2)CC1)c1ccc(N2CCCC2=O)cc1. The number of nitrogens with zero attached hydrogens (tertiary/aromatic N) is 1. The first-order valence-corrected chi connectivity index (χ1v) is 9.74. The van der Waals surface area contributed by atoms with Gasteiger partial charge in [-0.1, -0.05) is 23.7 Å². The molecule has 1 amide bonds. The Kier molecular flexibility index (Phi) is 4.94. The molecule has 1 aliphatic carbocycles. The van der Waals surface area contributed by atoms with Crippen molar-refractivity contribution in [2.45, 2.75) is 31.1 Å². The van der Waals surface area contributed by atoms with E-state index in [1.807, 2.05) is 12.1 Å². The van der Waals surface area contributed by atoms with E-state index in [0.29, 0.717) is 36.4 Å². The Morgan fingerprint density at radius 1 is 1.04 bits per heavy atom. The maximum absolute atomic E-state index is 12.6. The van der Waals surface area contributed by atoms with Crippen LogP contribution in [0.25, 0.3) is 0 Å². The molecule has 1 saturated heterocycles. The van der Waals surface area contributed by atoms with Crippen LogP contribution < -0.4 is 4.90 Å². The van der Waals surface area contributed by atoms with Gasteiger partial charge in [-0.3, -0.25) is 14.4 Å². The van der Waals surface area contributed by atoms with Crippen molar-refractivity contribution in [2.24, 2.45) is 0 Å². The smallest absolute Gasteiger partial charge is 0.317 e. The number of carbonyl (C=O) groups is 3. The summed E-state index contributed by atoms with van der Waals surface area (Å²) in [6.07, 6.45) is 2.83. The van der Waals surface area contributed by atoms with Gasteiger partial charge in [0.05, 0.1) is 5.41 Å². The maximum atomic E-state index is 12.6. The minimum Gasteiger partial charge on any atom is -0.457 e. The average molecular weight is 398 g/mol. The first kappa shape index (κ1) is 18.7. The molecule has 1 aliphatic heterocycles. The number of esters is 1. The van der Waals surface area contributed by atoms with Crippen LogP contribution >= 0.6 is 11.6 Å². The standard InChI is InChI=1S/C22H20ClNO4/c23-17-7-5-16(6-8-17)22(11-12-22)21(27)28-14-19(25)15-3-9-18(10-4-15)24-13-1-2-20(24)26/h3-10H,1-2,11-14H2. The number of hydrogen-bond donors (Lipinski definition) is 0. The molecule has 2 aliphatic rings. The molecule has 0 atom stereocenters. The molecule has 2 fully saturated rings. The van der Waals surface area contributed by atoms with E-state index in [0.717, 1.165) is 17.7 Å². The maximum Gasteiger partial charge on any atom is 0.317 e. The summed E-state index contributed by atoms with van der Waals surface area (Å²) in [5.74, 6) is -0.535. The van der Waals surface area contributed by atoms with Gasteiger partial charge in [0.15, 0.2) is 12.4 Å². The predicted molar refractivity (Wildman–Crippen MR) is 106 cm³/mol. The Labute approximate surface area is 168 Å². The van der Waals surface area contributed by atoms with Gasteiger partial charge in [0.2, 0.25) is 5.91 Å². The van der Waals surface area contributed by atoms with Crippen molar-refractivity contribution in [3.8, 4) is 0 Å². The molecule has 5 nitrogen and oxygen atoms in total. The lowest BCUT2D eigenvalue weighted by Gasteiger charge is -2.16. The Bertz CT molecular complexity index is 917. The van der Waals surface area contributed by atoms with E-state index in [2.05, 4.69) is 0 Å². The fourth-order valence-corrected chi connectivity index (χ4v) is 3.73. The van der Waals surface area contributed by atoms with Crippen molar-refractivity contribution >= 4 is 34.9 Å². The third kappa shape index (κ3) is 3.54. The number of ketones is 1. The number of hydrogen-bond acceptors (Lipinski definition) is 4. The summed E-state index contributed by atoms with van der Waals surface area (Å²) in [6.45, 7) is 0.409. The summed E-state index contributed by atoms with van der Waals surface area (Å²) in [5.41, 5.74) is 1.47. The number of ether oxygens (including phenoxy) is 1. The van der Waals surface area contributed by atoms with E-state index < -0.39 is 5.41 Å². The molecule has 0 spiro atoms. The number of Topliss-reactive ketones (excluding diaryl/α,β-unsaturated/α-hetero) is 1. The molecule has 28 heavy (non-hydrogen) atoms. The van der Waals surface area contributed by atoms with Gasteiger partial charge in [-0.25, -0.2) is 0 Å². The average Bonchev–Trinajstić information content (AvgIpc) is 3.41. The normalized spacial score (nSPS) is 17.5. The van der Waals surface area contributed by atoms with Crippen molar-refractivity contribution in [1.29, 1.82) is 0 Å². The fraction of sp³-hybridized carbons (Fsp3) is 0.318. The highest BCUT2D eigenvalue weighted by Gasteiger charge is 2.52. The van der Waals surface area contributed by atoms with Crippen molar-refractivity contribution in [2.75, 3.05) is 18.1 Å². The second kappa shape index (κ2) is 7.40. The lowest BCUT2D eigenvalue weighted by Crippen LogP contribution is -2.26. The zero-order valence-corrected chi connectivity index (χ0v) is 16.1. The summed E-state index contributed by atoms with van der Waals surface area (Å²) in [6, 6.07) is 14.0. The molecule has 0 radical (unpaired) electrons. The van der Waals surface area contributed by atoms with Gasteiger partial charge in [-0.2, -0.15) is 0 Å². The van der Waals surface area contributed by atoms with Crippen molar-refractivity contribution in [1.82, 2.24) is 0 Å². The van der Waals surface area contributed by atoms with Gasteiger partial charge in [-0.05, 0) is 61.2 Å². The molecule has 2 aromatic carbocycles. The second-order valence-electron chi connectivity index (χ2n) is 7.28. The summed E-state index contributed by atoms with van der Waals surface area (Å²) >= 11 is 5.91. The van der Waals surface area contributed by atoms with Crippen LogP contribution in [-0.2, 0) is 19.7 Å². The quantitative estimate of drug-likeness (QED) is 0.547. The molecule has 2 aromatic rings. The van der Waals surface area contributed by atoms with Gasteiger partial charge in [0.1, 0.15) is 0 Å². The Morgan fingerprint density at radius 3 is 2.29 bits per heavy atom. The molecular formula is C22H20ClNO4. The fourth-order valence-electron chi connectivity index (χ4n) is 3.61. The highest BCUT2D eigenvalue weighted by atomic mass is 35.5. The molecular weight excluding hydrogens is 378 g/mol. The van der Waals surface area contributed by atoms with Gasteiger partial charge in [0, 0.05) is 29.2 Å². The van der Waals surface area contributed by atoms with E-state index in [4.69, 9.17) is 16.3 Å². The van der Waals surface area contributed by atoms with Crippen LogP contribution in [0, 0.1) is 0 Å². The highest BCUT2D eigenvalue weighted by molar-refractivity contribution is 6.30. The number of carbonyl (C=O) groups excluding carboxylic acids is 3. The number of amides is 1. The van der Waals surface area contributed by atoms with Crippen LogP contribution in [0.3, 0.4) is 0 Å². The van der Waals surface area contributed by atoms with Crippen LogP contribution in [0.2, 0.25) is 5.02 Å². The summed E-state index contributed by atoms with van der Waals surface area (Å²) in [5, 5.41) is 0.613. The molecule has 0 unspecified atom stereocenters. The van der Waals surface area contributed by atoms with Gasteiger partial charge in [0.25, 0.3) is 0 Å². The highest BCUT2D eigenvalue weighted by Crippen LogP contribution is 2.49. The summed E-state index contributed by atoms with van der Waals surface area (Å²) < 4.78 is 5.33. The molecule has 1 saturated carbocycles. The summed E-state index contributed by atoms with van der Waals surface area (Å²) in [7, 11) is 0. The molecule has 0 N–H and O–H groups in total. The Hall–Kier alpha value is -2.66. The van der Waals surface area contributed by atoms with E-state index >= 15 is 0 Å². The first-order chi connectivity index (χ1) is 13.5. The summed E-state index contributed by atoms with van der Waals surface area (Å²) in [4.78, 5) is 38.5. The Morgan fingerprint density at radius 2 is 1.71 bits per heavy atom. The predicted octanol–water partition coefficient (Wildman–Crippen LogP) is 3.92. The van der Waals surface area contributed by atoms with Crippen molar-refractivity contribution < 1.29 is 19.1 Å². The minimum atomic E-state index is -0.648. The van der Waals surface area contributed by atoms with E-state index in [1.165, 1.54) is 0 Å². The number of benzene rings is 2. The first-order valence-electron chi connectivity index (χ1n) is 9.36. The third-order valence-corrected chi connectivity index (χ3v) is 5.70. The Balaban J connectivity index is 1.37. The third-order valence-electron chi connectivity index (χ3n) is 5.45. The van der Waals surface area contributed by atoms with E-state index in [9.17, 15) is 14.4 Å². The van der Waals surface area contributed by atoms with Gasteiger partial charge in [-0.15, -0.1) is 0 Å². The lowest BCUT2D eigenvalue weighted by atomic mass is 9.96. The topological polar surface area (TPSA) is 63.7 Å². The van der Waals surface area contributed by atoms with Crippen LogP contribution in [-0.4, -0.2) is 30.8 Å². The molecule has 144 valence electrons.